The van der Waals surface area contributed by atoms with E-state index in [0.29, 0.717) is 0 Å². The molecule has 6 aromatic rings. The summed E-state index contributed by atoms with van der Waals surface area (Å²) in [6.45, 7) is 6.61. The summed E-state index contributed by atoms with van der Waals surface area (Å²) in [6.07, 6.45) is 0. The lowest BCUT2D eigenvalue weighted by Gasteiger charge is -2.21. The van der Waals surface area contributed by atoms with Crippen LogP contribution in [0.1, 0.15) is 16.7 Å². The van der Waals surface area contributed by atoms with Crippen molar-refractivity contribution in [1.82, 2.24) is 0 Å². The minimum Gasteiger partial charge on any atom is -0.0622 e. The van der Waals surface area contributed by atoms with Gasteiger partial charge in [0.2, 0.25) is 0 Å². The summed E-state index contributed by atoms with van der Waals surface area (Å²) in [5.41, 5.74) is 16.4. The second kappa shape index (κ2) is 10.6. The van der Waals surface area contributed by atoms with Gasteiger partial charge in [-0.25, -0.2) is 0 Å². The molecule has 0 radical (unpaired) electrons. The van der Waals surface area contributed by atoms with E-state index in [1.165, 1.54) is 72.3 Å². The van der Waals surface area contributed by atoms with Gasteiger partial charge in [-0.1, -0.05) is 139 Å². The molecule has 0 saturated carbocycles. The second-order valence-electron chi connectivity index (χ2n) is 10.4. The van der Waals surface area contributed by atoms with Crippen molar-refractivity contribution in [2.75, 3.05) is 0 Å². The van der Waals surface area contributed by atoms with Crippen molar-refractivity contribution in [2.24, 2.45) is 0 Å². The third-order valence-electron chi connectivity index (χ3n) is 7.64. The van der Waals surface area contributed by atoms with Crippen LogP contribution in [0.4, 0.5) is 0 Å². The minimum atomic E-state index is 1.23. The average molecular weight is 501 g/mol. The molecule has 0 heterocycles. The lowest BCUT2D eigenvalue weighted by molar-refractivity contribution is 1.40. The fraction of sp³-hybridized carbons (Fsp3) is 0.0769. The van der Waals surface area contributed by atoms with E-state index in [1.54, 1.807) is 0 Å². The molecule has 39 heavy (non-hydrogen) atoms. The van der Waals surface area contributed by atoms with E-state index in [0.717, 1.165) is 0 Å². The van der Waals surface area contributed by atoms with Crippen LogP contribution in [-0.2, 0) is 0 Å². The Labute approximate surface area is 232 Å². The van der Waals surface area contributed by atoms with Gasteiger partial charge in [0.05, 0.1) is 0 Å². The van der Waals surface area contributed by atoms with Crippen LogP contribution < -0.4 is 0 Å². The summed E-state index contributed by atoms with van der Waals surface area (Å²) in [4.78, 5) is 0. The van der Waals surface area contributed by atoms with Crippen LogP contribution in [0.2, 0.25) is 0 Å². The molecule has 0 fully saturated rings. The average Bonchev–Trinajstić information content (AvgIpc) is 2.98. The van der Waals surface area contributed by atoms with Crippen LogP contribution in [0.3, 0.4) is 0 Å². The molecule has 6 rings (SSSR count). The molecule has 0 atom stereocenters. The van der Waals surface area contributed by atoms with Gasteiger partial charge in [0.25, 0.3) is 0 Å². The molecule has 0 spiro atoms. The molecule has 0 aliphatic heterocycles. The largest absolute Gasteiger partial charge is 0.0622 e. The van der Waals surface area contributed by atoms with Gasteiger partial charge in [-0.2, -0.15) is 0 Å². The summed E-state index contributed by atoms with van der Waals surface area (Å²) in [6, 6.07) is 50.7. The van der Waals surface area contributed by atoms with Gasteiger partial charge in [0, 0.05) is 0 Å². The van der Waals surface area contributed by atoms with Crippen LogP contribution in [0, 0.1) is 20.8 Å². The summed E-state index contributed by atoms with van der Waals surface area (Å²) in [5, 5.41) is 0. The maximum atomic E-state index is 2.33. The third-order valence-corrected chi connectivity index (χ3v) is 7.64. The predicted molar refractivity (Wildman–Crippen MR) is 168 cm³/mol. The van der Waals surface area contributed by atoms with Gasteiger partial charge in [0.1, 0.15) is 0 Å². The first kappa shape index (κ1) is 24.6. The van der Waals surface area contributed by atoms with Crippen LogP contribution >= 0.6 is 0 Å². The monoisotopic (exact) mass is 500 g/mol. The Morgan fingerprint density at radius 1 is 0.308 bits per heavy atom. The van der Waals surface area contributed by atoms with E-state index in [2.05, 4.69) is 160 Å². The Hall–Kier alpha value is -4.68. The van der Waals surface area contributed by atoms with Crippen molar-refractivity contribution < 1.29 is 0 Å². The number of benzene rings is 6. The maximum Gasteiger partial charge on any atom is -0.00241 e. The van der Waals surface area contributed by atoms with Gasteiger partial charge in [-0.3, -0.25) is 0 Å². The van der Waals surface area contributed by atoms with Crippen molar-refractivity contribution in [3.63, 3.8) is 0 Å². The van der Waals surface area contributed by atoms with E-state index in [9.17, 15) is 0 Å². The second-order valence-corrected chi connectivity index (χ2v) is 10.4. The van der Waals surface area contributed by atoms with Crippen LogP contribution in [0.5, 0.6) is 0 Å². The van der Waals surface area contributed by atoms with Gasteiger partial charge in [0.15, 0.2) is 0 Å². The number of aryl methyl sites for hydroxylation is 3. The molecule has 0 nitrogen and oxygen atoms in total. The number of rotatable bonds is 5. The van der Waals surface area contributed by atoms with Gasteiger partial charge >= 0.3 is 0 Å². The van der Waals surface area contributed by atoms with E-state index in [1.807, 2.05) is 0 Å². The van der Waals surface area contributed by atoms with E-state index in [4.69, 9.17) is 0 Å². The quantitative estimate of drug-likeness (QED) is 0.221. The summed E-state index contributed by atoms with van der Waals surface area (Å²) < 4.78 is 0. The molecule has 188 valence electrons. The molecule has 0 aliphatic carbocycles. The van der Waals surface area contributed by atoms with Gasteiger partial charge < -0.3 is 0 Å². The molecule has 0 aromatic heterocycles. The topological polar surface area (TPSA) is 0 Å². The van der Waals surface area contributed by atoms with Crippen molar-refractivity contribution >= 4 is 0 Å². The van der Waals surface area contributed by atoms with Crippen molar-refractivity contribution in [2.45, 2.75) is 20.8 Å². The number of hydrogen-bond acceptors (Lipinski definition) is 0. The zero-order valence-corrected chi connectivity index (χ0v) is 22.8. The zero-order chi connectivity index (χ0) is 26.8. The van der Waals surface area contributed by atoms with Crippen molar-refractivity contribution in [1.29, 1.82) is 0 Å². The fourth-order valence-electron chi connectivity index (χ4n) is 5.57. The molecule has 0 heteroatoms. The fourth-order valence-corrected chi connectivity index (χ4v) is 5.57. The molecule has 0 aliphatic rings. The molecule has 0 N–H and O–H groups in total. The zero-order valence-electron chi connectivity index (χ0n) is 22.8. The van der Waals surface area contributed by atoms with Crippen LogP contribution in [-0.4, -0.2) is 0 Å². The summed E-state index contributed by atoms with van der Waals surface area (Å²) >= 11 is 0. The Morgan fingerprint density at radius 3 is 1.54 bits per heavy atom. The molecular formula is C39H32. The summed E-state index contributed by atoms with van der Waals surface area (Å²) in [5.74, 6) is 0. The maximum absolute atomic E-state index is 2.33. The first-order valence-electron chi connectivity index (χ1n) is 13.6. The SMILES string of the molecule is Cc1ccc(-c2cccc(-c3ccc(C)c(-c4ccc(-c5ccccc5)cc4C)c3-c3ccccc3)c2)cc1. The first-order valence-corrected chi connectivity index (χ1v) is 13.6. The first-order chi connectivity index (χ1) is 19.1. The molecule has 0 unspecified atom stereocenters. The van der Waals surface area contributed by atoms with Crippen molar-refractivity contribution in [3.05, 3.63) is 156 Å². The lowest BCUT2D eigenvalue weighted by atomic mass is 9.83. The Kier molecular flexibility index (Phi) is 6.69. The minimum absolute atomic E-state index is 1.23. The predicted octanol–water partition coefficient (Wildman–Crippen LogP) is 10.9. The van der Waals surface area contributed by atoms with Crippen LogP contribution in [0.25, 0.3) is 55.6 Å². The third kappa shape index (κ3) is 4.94. The Morgan fingerprint density at radius 2 is 0.846 bits per heavy atom. The van der Waals surface area contributed by atoms with E-state index < -0.39 is 0 Å². The lowest BCUT2D eigenvalue weighted by Crippen LogP contribution is -1.96. The molecule has 0 bridgehead atoms. The summed E-state index contributed by atoms with van der Waals surface area (Å²) in [7, 11) is 0. The smallest absolute Gasteiger partial charge is 0.00241 e. The molecule has 6 aromatic carbocycles. The highest BCUT2D eigenvalue weighted by Gasteiger charge is 2.18. The Bertz CT molecular complexity index is 1740. The van der Waals surface area contributed by atoms with E-state index in [-0.39, 0.29) is 0 Å². The molecule has 0 amide bonds. The number of hydrogen-bond donors (Lipinski definition) is 0. The molecular weight excluding hydrogens is 468 g/mol. The van der Waals surface area contributed by atoms with Gasteiger partial charge in [-0.15, -0.1) is 0 Å². The van der Waals surface area contributed by atoms with Crippen molar-refractivity contribution in [3.8, 4) is 55.6 Å². The highest BCUT2D eigenvalue weighted by atomic mass is 14.2. The molecule has 0 saturated heterocycles. The van der Waals surface area contributed by atoms with Gasteiger partial charge in [-0.05, 0) is 93.6 Å². The highest BCUT2D eigenvalue weighted by Crippen LogP contribution is 2.44. The van der Waals surface area contributed by atoms with E-state index >= 15 is 0 Å². The van der Waals surface area contributed by atoms with Crippen LogP contribution in [0.15, 0.2) is 140 Å². The Balaban J connectivity index is 1.56. The standard InChI is InChI=1S/C39H32/c1-27-17-20-31(21-18-27)33-15-10-16-35(26-33)37-23-19-28(2)38(39(37)32-13-8-5-9-14-32)36-24-22-34(25-29(36)3)30-11-6-4-7-12-30/h4-26H,1-3H3. The highest BCUT2D eigenvalue weighted by molar-refractivity contribution is 5.97. The normalized spacial score (nSPS) is 10.9.